The number of aliphatic hydroxyl groups excluding tert-OH is 1. The molecule has 0 aliphatic carbocycles. The van der Waals surface area contributed by atoms with Crippen LogP contribution in [-0.4, -0.2) is 37.5 Å². The number of amides is 2. The molecule has 0 saturated carbocycles. The Labute approximate surface area is 126 Å². The lowest BCUT2D eigenvalue weighted by Crippen LogP contribution is -2.32. The zero-order chi connectivity index (χ0) is 15.7. The molecule has 3 N–H and O–H groups in total. The average Bonchev–Trinajstić information content (AvgIpc) is 2.47. The third-order valence-corrected chi connectivity index (χ3v) is 3.33. The number of hydrogen-bond donors (Lipinski definition) is 3. The third-order valence-electron chi connectivity index (χ3n) is 3.33. The zero-order valence-corrected chi connectivity index (χ0v) is 13.1. The quantitative estimate of drug-likeness (QED) is 0.689. The van der Waals surface area contributed by atoms with Crippen molar-refractivity contribution in [1.29, 1.82) is 0 Å². The minimum Gasteiger partial charge on any atom is -0.391 e. The van der Waals surface area contributed by atoms with Gasteiger partial charge in [-0.25, -0.2) is 4.79 Å². The van der Waals surface area contributed by atoms with E-state index in [-0.39, 0.29) is 12.6 Å². The largest absolute Gasteiger partial charge is 0.391 e. The van der Waals surface area contributed by atoms with Crippen molar-refractivity contribution in [2.45, 2.75) is 39.2 Å². The molecule has 2 amide bonds. The summed E-state index contributed by atoms with van der Waals surface area (Å²) in [5, 5.41) is 15.1. The van der Waals surface area contributed by atoms with E-state index in [0.29, 0.717) is 13.0 Å². The molecular formula is C16H26N2O3. The number of carbonyl (C=O) groups is 1. The summed E-state index contributed by atoms with van der Waals surface area (Å²) >= 11 is 0. The summed E-state index contributed by atoms with van der Waals surface area (Å²) in [4.78, 5) is 11.9. The van der Waals surface area contributed by atoms with E-state index in [1.165, 1.54) is 12.7 Å². The fraction of sp³-hybridized carbons (Fsp3) is 0.562. The van der Waals surface area contributed by atoms with E-state index in [0.717, 1.165) is 24.1 Å². The first kappa shape index (κ1) is 17.5. The molecule has 5 nitrogen and oxygen atoms in total. The van der Waals surface area contributed by atoms with E-state index in [2.05, 4.69) is 36.6 Å². The van der Waals surface area contributed by atoms with Crippen LogP contribution >= 0.6 is 0 Å². The predicted octanol–water partition coefficient (Wildman–Crippen LogP) is 2.33. The van der Waals surface area contributed by atoms with Crippen LogP contribution in [0.2, 0.25) is 0 Å². The number of aryl methyl sites for hydroxylation is 2. The van der Waals surface area contributed by atoms with Gasteiger partial charge < -0.3 is 20.5 Å². The molecule has 0 bridgehead atoms. The maximum absolute atomic E-state index is 11.9. The van der Waals surface area contributed by atoms with E-state index in [1.807, 2.05) is 6.07 Å². The van der Waals surface area contributed by atoms with Crippen molar-refractivity contribution >= 4 is 11.7 Å². The van der Waals surface area contributed by atoms with Gasteiger partial charge in [-0.15, -0.1) is 0 Å². The Morgan fingerprint density at radius 1 is 1.33 bits per heavy atom. The summed E-state index contributed by atoms with van der Waals surface area (Å²) in [6, 6.07) is 5.90. The Kier molecular flexibility index (Phi) is 7.79. The van der Waals surface area contributed by atoms with Crippen LogP contribution in [0.15, 0.2) is 18.2 Å². The summed E-state index contributed by atoms with van der Waals surface area (Å²) in [6.45, 7) is 4.83. The van der Waals surface area contributed by atoms with Crippen molar-refractivity contribution in [3.8, 4) is 0 Å². The molecule has 118 valence electrons. The molecule has 0 aliphatic heterocycles. The Morgan fingerprint density at radius 2 is 2.10 bits per heavy atom. The second-order valence-electron chi connectivity index (χ2n) is 4.98. The van der Waals surface area contributed by atoms with Crippen molar-refractivity contribution in [2.24, 2.45) is 0 Å². The van der Waals surface area contributed by atoms with E-state index >= 15 is 0 Å². The van der Waals surface area contributed by atoms with Gasteiger partial charge in [0.25, 0.3) is 0 Å². The van der Waals surface area contributed by atoms with Gasteiger partial charge in [0.2, 0.25) is 0 Å². The number of urea groups is 1. The molecule has 0 aromatic heterocycles. The van der Waals surface area contributed by atoms with Crippen LogP contribution in [0, 0.1) is 0 Å². The molecule has 0 saturated heterocycles. The maximum Gasteiger partial charge on any atom is 0.319 e. The van der Waals surface area contributed by atoms with Crippen molar-refractivity contribution in [3.63, 3.8) is 0 Å². The highest BCUT2D eigenvalue weighted by atomic mass is 16.5. The van der Waals surface area contributed by atoms with Crippen molar-refractivity contribution < 1.29 is 14.6 Å². The van der Waals surface area contributed by atoms with E-state index in [9.17, 15) is 9.90 Å². The highest BCUT2D eigenvalue weighted by Crippen LogP contribution is 2.18. The van der Waals surface area contributed by atoms with Gasteiger partial charge in [0.1, 0.15) is 0 Å². The second-order valence-corrected chi connectivity index (χ2v) is 4.98. The van der Waals surface area contributed by atoms with Crippen LogP contribution in [0.1, 0.15) is 31.4 Å². The van der Waals surface area contributed by atoms with Crippen molar-refractivity contribution in [3.05, 3.63) is 29.3 Å². The second kappa shape index (κ2) is 9.37. The number of nitrogens with one attached hydrogen (secondary N) is 2. The lowest BCUT2D eigenvalue weighted by molar-refractivity contribution is 0.0599. The molecule has 1 atom stereocenters. The van der Waals surface area contributed by atoms with Gasteiger partial charge >= 0.3 is 6.03 Å². The molecule has 0 aliphatic rings. The Morgan fingerprint density at radius 3 is 2.71 bits per heavy atom. The summed E-state index contributed by atoms with van der Waals surface area (Å²) in [5.41, 5.74) is 3.16. The van der Waals surface area contributed by atoms with E-state index in [4.69, 9.17) is 4.74 Å². The lowest BCUT2D eigenvalue weighted by Gasteiger charge is -2.13. The molecule has 0 spiro atoms. The van der Waals surface area contributed by atoms with Crippen molar-refractivity contribution in [2.75, 3.05) is 25.6 Å². The predicted molar refractivity (Wildman–Crippen MR) is 84.7 cm³/mol. The molecule has 1 unspecified atom stereocenters. The van der Waals surface area contributed by atoms with Crippen molar-refractivity contribution in [1.82, 2.24) is 5.32 Å². The van der Waals surface area contributed by atoms with Crippen LogP contribution in [0.5, 0.6) is 0 Å². The number of methoxy groups -OCH3 is 1. The van der Waals surface area contributed by atoms with Crippen LogP contribution in [0.4, 0.5) is 10.5 Å². The van der Waals surface area contributed by atoms with Gasteiger partial charge in [-0.3, -0.25) is 0 Å². The number of ether oxygens (including phenoxy) is 1. The summed E-state index contributed by atoms with van der Waals surface area (Å²) in [5.74, 6) is 0. The molecule has 1 aromatic carbocycles. The highest BCUT2D eigenvalue weighted by Gasteiger charge is 2.08. The number of anilines is 1. The van der Waals surface area contributed by atoms with Gasteiger partial charge in [-0.2, -0.15) is 0 Å². The minimum atomic E-state index is -0.551. The van der Waals surface area contributed by atoms with Gasteiger partial charge in [0.15, 0.2) is 0 Å². The van der Waals surface area contributed by atoms with E-state index < -0.39 is 6.10 Å². The molecule has 0 fully saturated rings. The van der Waals surface area contributed by atoms with Gasteiger partial charge in [0.05, 0.1) is 12.7 Å². The SMILES string of the molecule is CCc1ccc(CC)c(NC(=O)NCCC(O)COC)c1. The third kappa shape index (κ3) is 6.14. The number of benzene rings is 1. The van der Waals surface area contributed by atoms with Crippen LogP contribution in [0.25, 0.3) is 0 Å². The molecule has 1 rings (SSSR count). The summed E-state index contributed by atoms with van der Waals surface area (Å²) in [7, 11) is 1.54. The standard InChI is InChI=1S/C16H26N2O3/c1-4-12-6-7-13(5-2)15(10-12)18-16(20)17-9-8-14(19)11-21-3/h6-7,10,14,19H,4-5,8-9,11H2,1-3H3,(H2,17,18,20). The Balaban J connectivity index is 2.50. The number of carbonyl (C=O) groups excluding carboxylic acids is 1. The fourth-order valence-corrected chi connectivity index (χ4v) is 2.06. The highest BCUT2D eigenvalue weighted by molar-refractivity contribution is 5.90. The van der Waals surface area contributed by atoms with Crippen LogP contribution in [-0.2, 0) is 17.6 Å². The number of rotatable bonds is 8. The Hall–Kier alpha value is -1.59. The topological polar surface area (TPSA) is 70.6 Å². The normalized spacial score (nSPS) is 12.0. The minimum absolute atomic E-state index is 0.248. The summed E-state index contributed by atoms with van der Waals surface area (Å²) < 4.78 is 4.83. The lowest BCUT2D eigenvalue weighted by atomic mass is 10.1. The molecular weight excluding hydrogens is 268 g/mol. The first-order chi connectivity index (χ1) is 10.1. The zero-order valence-electron chi connectivity index (χ0n) is 13.1. The van der Waals surface area contributed by atoms with Crippen LogP contribution in [0.3, 0.4) is 0 Å². The van der Waals surface area contributed by atoms with Gasteiger partial charge in [0, 0.05) is 19.3 Å². The van der Waals surface area contributed by atoms with Crippen LogP contribution < -0.4 is 10.6 Å². The van der Waals surface area contributed by atoms with Gasteiger partial charge in [-0.1, -0.05) is 26.0 Å². The average molecular weight is 294 g/mol. The molecule has 1 aromatic rings. The number of aliphatic hydroxyl groups is 1. The number of hydrogen-bond acceptors (Lipinski definition) is 3. The smallest absolute Gasteiger partial charge is 0.319 e. The summed E-state index contributed by atoms with van der Waals surface area (Å²) in [6.07, 6.45) is 1.72. The first-order valence-corrected chi connectivity index (χ1v) is 7.44. The first-order valence-electron chi connectivity index (χ1n) is 7.44. The fourth-order valence-electron chi connectivity index (χ4n) is 2.06. The van der Waals surface area contributed by atoms with Gasteiger partial charge in [-0.05, 0) is 36.5 Å². The van der Waals surface area contributed by atoms with E-state index in [1.54, 1.807) is 0 Å². The maximum atomic E-state index is 11.9. The molecule has 0 heterocycles. The monoisotopic (exact) mass is 294 g/mol. The molecule has 21 heavy (non-hydrogen) atoms. The Bertz CT molecular complexity index is 449. The molecule has 0 radical (unpaired) electrons. The molecule has 5 heteroatoms.